The summed E-state index contributed by atoms with van der Waals surface area (Å²) in [6.07, 6.45) is 0.542. The summed E-state index contributed by atoms with van der Waals surface area (Å²) in [6, 6.07) is 11.0. The fraction of sp³-hybridized carbons (Fsp3) is 0.345. The molecule has 1 saturated heterocycles. The van der Waals surface area contributed by atoms with Crippen molar-refractivity contribution < 1.29 is 24.2 Å². The molecule has 5 rings (SSSR count). The van der Waals surface area contributed by atoms with Crippen molar-refractivity contribution in [2.24, 2.45) is 0 Å². The number of rotatable bonds is 7. The van der Waals surface area contributed by atoms with E-state index >= 15 is 0 Å². The fourth-order valence-electron chi connectivity index (χ4n) is 5.16. The van der Waals surface area contributed by atoms with E-state index in [2.05, 4.69) is 9.88 Å². The maximum absolute atomic E-state index is 12.7. The van der Waals surface area contributed by atoms with Crippen LogP contribution >= 0.6 is 0 Å². The molecule has 12 nitrogen and oxygen atoms in total. The van der Waals surface area contributed by atoms with Gasteiger partial charge in [-0.05, 0) is 49.2 Å². The van der Waals surface area contributed by atoms with Crippen LogP contribution in [0.1, 0.15) is 23.9 Å². The molecule has 2 amide bonds. The van der Waals surface area contributed by atoms with Crippen LogP contribution in [0.3, 0.4) is 0 Å². The molecule has 0 spiro atoms. The first-order chi connectivity index (χ1) is 19.7. The second kappa shape index (κ2) is 11.3. The molecule has 0 bridgehead atoms. The Balaban J connectivity index is 1.68. The van der Waals surface area contributed by atoms with Crippen LogP contribution in [0.15, 0.2) is 42.6 Å². The predicted molar refractivity (Wildman–Crippen MR) is 154 cm³/mol. The van der Waals surface area contributed by atoms with Gasteiger partial charge in [0.1, 0.15) is 11.6 Å². The standard InChI is InChI=1S/C29H33N7O5/c1-18-14-21(8-9-30-18)17-35(29(38)39)26-16-25(34-12-10-33(11-13-34)20(3)37)31-28-27(19(2)32-36(26)28)22-6-7-23(40-4)24(15-22)41-5/h6-9,14-16H,10-13,17H2,1-5H3,(H,38,39). The van der Waals surface area contributed by atoms with Crippen molar-refractivity contribution in [3.63, 3.8) is 0 Å². The van der Waals surface area contributed by atoms with E-state index in [9.17, 15) is 14.7 Å². The van der Waals surface area contributed by atoms with E-state index in [1.165, 1.54) is 4.90 Å². The van der Waals surface area contributed by atoms with Crippen molar-refractivity contribution >= 4 is 29.3 Å². The van der Waals surface area contributed by atoms with E-state index in [1.54, 1.807) is 48.9 Å². The zero-order valence-corrected chi connectivity index (χ0v) is 23.8. The second-order valence-electron chi connectivity index (χ2n) is 9.91. The molecule has 0 saturated carbocycles. The molecular weight excluding hydrogens is 526 g/mol. The number of amides is 2. The molecule has 0 atom stereocenters. The van der Waals surface area contributed by atoms with E-state index in [0.717, 1.165) is 22.4 Å². The van der Waals surface area contributed by atoms with Crippen molar-refractivity contribution in [1.82, 2.24) is 24.5 Å². The Morgan fingerprint density at radius 1 is 1.00 bits per heavy atom. The number of benzene rings is 1. The Morgan fingerprint density at radius 3 is 2.37 bits per heavy atom. The first-order valence-corrected chi connectivity index (χ1v) is 13.3. The van der Waals surface area contributed by atoms with E-state index in [1.807, 2.05) is 38.1 Å². The molecule has 4 heterocycles. The monoisotopic (exact) mass is 559 g/mol. The summed E-state index contributed by atoms with van der Waals surface area (Å²) >= 11 is 0. The largest absolute Gasteiger partial charge is 0.493 e. The highest BCUT2D eigenvalue weighted by Gasteiger charge is 2.27. The van der Waals surface area contributed by atoms with Gasteiger partial charge >= 0.3 is 6.09 Å². The fourth-order valence-corrected chi connectivity index (χ4v) is 5.16. The third-order valence-electron chi connectivity index (χ3n) is 7.26. The van der Waals surface area contributed by atoms with Crippen molar-refractivity contribution in [2.45, 2.75) is 27.3 Å². The van der Waals surface area contributed by atoms with Gasteiger partial charge < -0.3 is 24.4 Å². The van der Waals surface area contributed by atoms with Gasteiger partial charge in [-0.2, -0.15) is 9.61 Å². The number of carbonyl (C=O) groups is 2. The number of anilines is 2. The highest BCUT2D eigenvalue weighted by Crippen LogP contribution is 2.37. The number of nitrogens with zero attached hydrogens (tertiary/aromatic N) is 7. The van der Waals surface area contributed by atoms with Crippen LogP contribution in [0.4, 0.5) is 16.4 Å². The number of ether oxygens (including phenoxy) is 2. The van der Waals surface area contributed by atoms with Gasteiger partial charge in [-0.1, -0.05) is 6.07 Å². The van der Waals surface area contributed by atoms with Gasteiger partial charge in [-0.3, -0.25) is 14.7 Å². The number of piperazine rings is 1. The minimum Gasteiger partial charge on any atom is -0.493 e. The lowest BCUT2D eigenvalue weighted by Gasteiger charge is -2.35. The molecule has 4 aromatic rings. The molecule has 0 radical (unpaired) electrons. The van der Waals surface area contributed by atoms with Gasteiger partial charge in [0.2, 0.25) is 5.91 Å². The van der Waals surface area contributed by atoms with E-state index < -0.39 is 6.09 Å². The number of methoxy groups -OCH3 is 2. The average molecular weight is 560 g/mol. The summed E-state index contributed by atoms with van der Waals surface area (Å²) in [5, 5.41) is 15.2. The smallest absolute Gasteiger partial charge is 0.413 e. The van der Waals surface area contributed by atoms with Gasteiger partial charge in [0.25, 0.3) is 0 Å². The van der Waals surface area contributed by atoms with Crippen molar-refractivity contribution in [1.29, 1.82) is 0 Å². The first kappa shape index (κ1) is 27.7. The van der Waals surface area contributed by atoms with Crippen LogP contribution < -0.4 is 19.3 Å². The Kier molecular flexibility index (Phi) is 7.64. The molecule has 1 aliphatic rings. The van der Waals surface area contributed by atoms with Crippen molar-refractivity contribution in [2.75, 3.05) is 50.2 Å². The Bertz CT molecular complexity index is 1610. The Labute approximate surface area is 237 Å². The molecular formula is C29H33N7O5. The van der Waals surface area contributed by atoms with Crippen LogP contribution in [0.5, 0.6) is 11.5 Å². The Hall–Kier alpha value is -4.87. The number of hydrogen-bond donors (Lipinski definition) is 1. The minimum atomic E-state index is -1.12. The average Bonchev–Trinajstić information content (AvgIpc) is 3.30. The maximum Gasteiger partial charge on any atom is 0.413 e. The lowest BCUT2D eigenvalue weighted by atomic mass is 10.1. The molecule has 0 aliphatic carbocycles. The molecule has 214 valence electrons. The normalized spacial score (nSPS) is 13.4. The molecule has 41 heavy (non-hydrogen) atoms. The molecule has 1 aromatic carbocycles. The number of aromatic nitrogens is 4. The van der Waals surface area contributed by atoms with Crippen LogP contribution in [0, 0.1) is 13.8 Å². The number of carbonyl (C=O) groups excluding carboxylic acids is 1. The van der Waals surface area contributed by atoms with Gasteiger partial charge in [0, 0.05) is 56.6 Å². The molecule has 1 N–H and O–H groups in total. The third-order valence-corrected chi connectivity index (χ3v) is 7.26. The van der Waals surface area contributed by atoms with E-state index in [-0.39, 0.29) is 12.5 Å². The lowest BCUT2D eigenvalue weighted by molar-refractivity contribution is -0.129. The first-order valence-electron chi connectivity index (χ1n) is 13.3. The van der Waals surface area contributed by atoms with Crippen LogP contribution in [0.2, 0.25) is 0 Å². The summed E-state index contributed by atoms with van der Waals surface area (Å²) in [5.74, 6) is 2.14. The third kappa shape index (κ3) is 5.45. The van der Waals surface area contributed by atoms with Gasteiger partial charge in [-0.15, -0.1) is 0 Å². The lowest BCUT2D eigenvalue weighted by Crippen LogP contribution is -2.48. The minimum absolute atomic E-state index is 0.0283. The summed E-state index contributed by atoms with van der Waals surface area (Å²) in [6.45, 7) is 7.63. The summed E-state index contributed by atoms with van der Waals surface area (Å²) < 4.78 is 12.5. The zero-order valence-electron chi connectivity index (χ0n) is 23.8. The SMILES string of the molecule is COc1ccc(-c2c(C)nn3c(N(Cc4ccnc(C)c4)C(=O)O)cc(N4CCN(C(C)=O)CC4)nc23)cc1OC. The summed E-state index contributed by atoms with van der Waals surface area (Å²) in [7, 11) is 3.15. The van der Waals surface area contributed by atoms with Crippen LogP contribution in [-0.4, -0.2) is 82.0 Å². The van der Waals surface area contributed by atoms with Crippen LogP contribution in [0.25, 0.3) is 16.8 Å². The number of carboxylic acid groups (broad SMARTS) is 1. The van der Waals surface area contributed by atoms with Crippen LogP contribution in [-0.2, 0) is 11.3 Å². The van der Waals surface area contributed by atoms with Gasteiger partial charge in [0.05, 0.1) is 26.5 Å². The van der Waals surface area contributed by atoms with Gasteiger partial charge in [-0.25, -0.2) is 9.78 Å². The predicted octanol–water partition coefficient (Wildman–Crippen LogP) is 3.78. The van der Waals surface area contributed by atoms with E-state index in [4.69, 9.17) is 19.6 Å². The molecule has 12 heteroatoms. The number of fused-ring (bicyclic) bond motifs is 1. The topological polar surface area (TPSA) is 126 Å². The summed E-state index contributed by atoms with van der Waals surface area (Å²) in [4.78, 5) is 39.0. The highest BCUT2D eigenvalue weighted by molar-refractivity contribution is 5.89. The molecule has 0 unspecified atom stereocenters. The molecule has 1 aliphatic heterocycles. The van der Waals surface area contributed by atoms with Crippen molar-refractivity contribution in [3.8, 4) is 22.6 Å². The quantitative estimate of drug-likeness (QED) is 0.360. The molecule has 3 aromatic heterocycles. The number of pyridine rings is 1. The second-order valence-corrected chi connectivity index (χ2v) is 9.91. The number of hydrogen-bond acceptors (Lipinski definition) is 8. The van der Waals surface area contributed by atoms with E-state index in [0.29, 0.717) is 60.7 Å². The Morgan fingerprint density at radius 2 is 1.73 bits per heavy atom. The van der Waals surface area contributed by atoms with Crippen molar-refractivity contribution in [3.05, 3.63) is 59.5 Å². The maximum atomic E-state index is 12.7. The zero-order chi connectivity index (χ0) is 29.3. The highest BCUT2D eigenvalue weighted by atomic mass is 16.5. The van der Waals surface area contributed by atoms with Gasteiger partial charge in [0.15, 0.2) is 17.1 Å². The molecule has 1 fully saturated rings. The number of aryl methyl sites for hydroxylation is 2. The summed E-state index contributed by atoms with van der Waals surface area (Å²) in [5.41, 5.74) is 4.33.